The number of aromatic nitrogens is 3. The zero-order chi connectivity index (χ0) is 19.4. The second-order valence-electron chi connectivity index (χ2n) is 5.95. The quantitative estimate of drug-likeness (QED) is 0.670. The highest BCUT2D eigenvalue weighted by Crippen LogP contribution is 2.20. The maximum Gasteiger partial charge on any atom is 0.346 e. The minimum absolute atomic E-state index is 0.145. The van der Waals surface area contributed by atoms with Crippen LogP contribution in [0.5, 0.6) is 5.75 Å². The van der Waals surface area contributed by atoms with Crippen LogP contribution >= 0.6 is 11.6 Å². The molecule has 1 heterocycles. The summed E-state index contributed by atoms with van der Waals surface area (Å²) in [7, 11) is 1.59. The highest BCUT2D eigenvalue weighted by atomic mass is 35.5. The van der Waals surface area contributed by atoms with Crippen molar-refractivity contribution < 1.29 is 9.53 Å². The predicted octanol–water partition coefficient (Wildman–Crippen LogP) is 1.95. The van der Waals surface area contributed by atoms with Crippen molar-refractivity contribution in [2.75, 3.05) is 13.7 Å². The molecule has 0 bridgehead atoms. The van der Waals surface area contributed by atoms with Gasteiger partial charge in [0.05, 0.1) is 20.2 Å². The number of rotatable bonds is 7. The van der Waals surface area contributed by atoms with Gasteiger partial charge in [-0.1, -0.05) is 23.7 Å². The van der Waals surface area contributed by atoms with Gasteiger partial charge in [-0.25, -0.2) is 9.48 Å². The first-order valence-electron chi connectivity index (χ1n) is 8.30. The fourth-order valence-electron chi connectivity index (χ4n) is 2.64. The fourth-order valence-corrected chi connectivity index (χ4v) is 2.77. The molecule has 0 aliphatic rings. The second-order valence-corrected chi connectivity index (χ2v) is 6.38. The minimum Gasteiger partial charge on any atom is -0.497 e. The Hall–Kier alpha value is -2.90. The van der Waals surface area contributed by atoms with E-state index in [2.05, 4.69) is 5.10 Å². The van der Waals surface area contributed by atoms with Crippen molar-refractivity contribution in [3.63, 3.8) is 0 Å². The Morgan fingerprint density at radius 3 is 2.41 bits per heavy atom. The molecular weight excluding hydrogens is 368 g/mol. The van der Waals surface area contributed by atoms with Crippen molar-refractivity contribution in [2.45, 2.75) is 13.1 Å². The number of carbonyl (C=O) groups is 1. The number of benzene rings is 2. The molecule has 3 aromatic rings. The first-order valence-corrected chi connectivity index (χ1v) is 8.68. The summed E-state index contributed by atoms with van der Waals surface area (Å²) in [4.78, 5) is 24.5. The van der Waals surface area contributed by atoms with Gasteiger partial charge in [0, 0.05) is 10.6 Å². The number of halogens is 1. The Morgan fingerprint density at radius 2 is 1.81 bits per heavy atom. The molecular formula is C19H19ClN4O3. The van der Waals surface area contributed by atoms with Crippen LogP contribution in [0.3, 0.4) is 0 Å². The predicted molar refractivity (Wildman–Crippen MR) is 103 cm³/mol. The molecule has 0 fully saturated rings. The molecule has 3 rings (SSSR count). The van der Waals surface area contributed by atoms with E-state index in [-0.39, 0.29) is 24.6 Å². The highest BCUT2D eigenvalue weighted by molar-refractivity contribution is 6.30. The average molecular weight is 387 g/mol. The first kappa shape index (κ1) is 18.9. The lowest BCUT2D eigenvalue weighted by Gasteiger charge is -2.07. The van der Waals surface area contributed by atoms with Crippen molar-refractivity contribution in [1.82, 2.24) is 14.3 Å². The molecule has 0 atom stereocenters. The Bertz CT molecular complexity index is 991. The van der Waals surface area contributed by atoms with Crippen LogP contribution in [0.15, 0.2) is 53.3 Å². The Balaban J connectivity index is 2.04. The van der Waals surface area contributed by atoms with Crippen LogP contribution in [0.1, 0.15) is 5.56 Å². The molecule has 0 aliphatic carbocycles. The Labute approximate surface area is 160 Å². The van der Waals surface area contributed by atoms with E-state index in [4.69, 9.17) is 22.1 Å². The standard InChI is InChI=1S/C19H19ClN4O3/c1-27-17-8-2-13(3-9-17)11-23-18(14-4-6-15(20)7-5-14)22-24(19(23)26)12-16(25)10-21/h2-9H,10-12,21H2,1H3. The van der Waals surface area contributed by atoms with Gasteiger partial charge in [-0.2, -0.15) is 0 Å². The van der Waals surface area contributed by atoms with E-state index in [0.29, 0.717) is 17.4 Å². The van der Waals surface area contributed by atoms with Crippen LogP contribution in [0, 0.1) is 0 Å². The average Bonchev–Trinajstić information content (AvgIpc) is 2.98. The number of hydrogen-bond acceptors (Lipinski definition) is 5. The molecule has 2 N–H and O–H groups in total. The van der Waals surface area contributed by atoms with Crippen molar-refractivity contribution in [3.05, 3.63) is 69.6 Å². The maximum absolute atomic E-state index is 12.8. The highest BCUT2D eigenvalue weighted by Gasteiger charge is 2.17. The summed E-state index contributed by atoms with van der Waals surface area (Å²) in [5.74, 6) is 0.916. The molecule has 7 nitrogen and oxygen atoms in total. The van der Waals surface area contributed by atoms with Crippen LogP contribution in [0.25, 0.3) is 11.4 Å². The summed E-state index contributed by atoms with van der Waals surface area (Å²) in [5.41, 5.74) is 6.62. The molecule has 0 saturated heterocycles. The molecule has 0 aliphatic heterocycles. The van der Waals surface area contributed by atoms with Gasteiger partial charge in [-0.05, 0) is 42.0 Å². The van der Waals surface area contributed by atoms with Gasteiger partial charge in [0.15, 0.2) is 11.6 Å². The number of ether oxygens (including phenoxy) is 1. The van der Waals surface area contributed by atoms with Crippen molar-refractivity contribution in [3.8, 4) is 17.1 Å². The van der Waals surface area contributed by atoms with E-state index in [1.807, 2.05) is 24.3 Å². The smallest absolute Gasteiger partial charge is 0.346 e. The third-order valence-electron chi connectivity index (χ3n) is 4.08. The van der Waals surface area contributed by atoms with Crippen LogP contribution in [0.2, 0.25) is 5.02 Å². The van der Waals surface area contributed by atoms with E-state index >= 15 is 0 Å². The number of nitrogens with two attached hydrogens (primary N) is 1. The van der Waals surface area contributed by atoms with E-state index < -0.39 is 0 Å². The van der Waals surface area contributed by atoms with Crippen molar-refractivity contribution in [2.24, 2.45) is 5.73 Å². The van der Waals surface area contributed by atoms with E-state index in [9.17, 15) is 9.59 Å². The van der Waals surface area contributed by atoms with Gasteiger partial charge in [0.2, 0.25) is 0 Å². The molecule has 0 spiro atoms. The zero-order valence-corrected chi connectivity index (χ0v) is 15.5. The molecule has 0 radical (unpaired) electrons. The number of methoxy groups -OCH3 is 1. The number of Topliss-reactive ketones (excluding diaryl/α,β-unsaturated/α-hetero) is 1. The second kappa shape index (κ2) is 8.20. The van der Waals surface area contributed by atoms with Crippen LogP contribution in [-0.4, -0.2) is 33.8 Å². The first-order chi connectivity index (χ1) is 13.0. The van der Waals surface area contributed by atoms with Gasteiger partial charge < -0.3 is 10.5 Å². The zero-order valence-electron chi connectivity index (χ0n) is 14.8. The van der Waals surface area contributed by atoms with Gasteiger partial charge in [0.25, 0.3) is 0 Å². The summed E-state index contributed by atoms with van der Waals surface area (Å²) in [6.07, 6.45) is 0. The summed E-state index contributed by atoms with van der Waals surface area (Å²) in [6.45, 7) is -0.00278. The topological polar surface area (TPSA) is 92.1 Å². The monoisotopic (exact) mass is 386 g/mol. The normalized spacial score (nSPS) is 10.8. The minimum atomic E-state index is -0.377. The van der Waals surface area contributed by atoms with Crippen LogP contribution in [-0.2, 0) is 17.9 Å². The largest absolute Gasteiger partial charge is 0.497 e. The van der Waals surface area contributed by atoms with Gasteiger partial charge in [-0.15, -0.1) is 5.10 Å². The van der Waals surface area contributed by atoms with Crippen molar-refractivity contribution in [1.29, 1.82) is 0 Å². The summed E-state index contributed by atoms with van der Waals surface area (Å²) in [5, 5.41) is 4.93. The summed E-state index contributed by atoms with van der Waals surface area (Å²) in [6, 6.07) is 14.4. The fraction of sp³-hybridized carbons (Fsp3) is 0.211. The molecule has 140 valence electrons. The Kier molecular flexibility index (Phi) is 5.73. The molecule has 0 saturated carbocycles. The van der Waals surface area contributed by atoms with Crippen molar-refractivity contribution >= 4 is 17.4 Å². The number of nitrogens with zero attached hydrogens (tertiary/aromatic N) is 3. The summed E-state index contributed by atoms with van der Waals surface area (Å²) >= 11 is 5.96. The Morgan fingerprint density at radius 1 is 1.15 bits per heavy atom. The van der Waals surface area contributed by atoms with E-state index in [1.165, 1.54) is 4.57 Å². The SMILES string of the molecule is COc1ccc(Cn2c(-c3ccc(Cl)cc3)nn(CC(=O)CN)c2=O)cc1. The molecule has 0 amide bonds. The number of carbonyl (C=O) groups excluding carboxylic acids is 1. The summed E-state index contributed by atoms with van der Waals surface area (Å²) < 4.78 is 7.82. The third-order valence-corrected chi connectivity index (χ3v) is 4.33. The maximum atomic E-state index is 12.8. The van der Waals surface area contributed by atoms with Crippen LogP contribution < -0.4 is 16.2 Å². The van der Waals surface area contributed by atoms with Gasteiger partial charge in [-0.3, -0.25) is 9.36 Å². The molecule has 2 aromatic carbocycles. The lowest BCUT2D eigenvalue weighted by Crippen LogP contribution is -2.30. The molecule has 8 heteroatoms. The number of hydrogen-bond donors (Lipinski definition) is 1. The van der Waals surface area contributed by atoms with Crippen LogP contribution in [0.4, 0.5) is 0 Å². The third kappa shape index (κ3) is 4.27. The lowest BCUT2D eigenvalue weighted by atomic mass is 10.2. The number of ketones is 1. The van der Waals surface area contributed by atoms with E-state index in [1.54, 1.807) is 31.4 Å². The van der Waals surface area contributed by atoms with Gasteiger partial charge in [0.1, 0.15) is 12.3 Å². The van der Waals surface area contributed by atoms with Gasteiger partial charge >= 0.3 is 5.69 Å². The van der Waals surface area contributed by atoms with E-state index in [0.717, 1.165) is 21.6 Å². The molecule has 0 unspecified atom stereocenters. The molecule has 27 heavy (non-hydrogen) atoms. The molecule has 1 aromatic heterocycles. The lowest BCUT2D eigenvalue weighted by molar-refractivity contribution is -0.118.